The molecule has 1 saturated carbocycles. The molecule has 1 aliphatic rings. The van der Waals surface area contributed by atoms with Crippen molar-refractivity contribution in [2.45, 2.75) is 38.6 Å². The zero-order valence-corrected chi connectivity index (χ0v) is 9.72. The third-order valence-electron chi connectivity index (χ3n) is 3.46. The zero-order chi connectivity index (χ0) is 10.9. The number of nitrogens with zero attached hydrogens (tertiary/aromatic N) is 1. The molecule has 0 aromatic carbocycles. The normalized spacial score (nSPS) is 30.7. The van der Waals surface area contributed by atoms with Gasteiger partial charge in [0.05, 0.1) is 11.4 Å². The second-order valence-corrected chi connectivity index (χ2v) is 5.42. The summed E-state index contributed by atoms with van der Waals surface area (Å²) in [5, 5.41) is 2.81. The number of rotatable bonds is 3. The first kappa shape index (κ1) is 10.8. The summed E-state index contributed by atoms with van der Waals surface area (Å²) < 4.78 is 0. The molecule has 0 bridgehead atoms. The van der Waals surface area contributed by atoms with E-state index in [4.69, 9.17) is 5.73 Å². The summed E-state index contributed by atoms with van der Waals surface area (Å²) >= 11 is 1.54. The van der Waals surface area contributed by atoms with Gasteiger partial charge in [0.2, 0.25) is 0 Å². The zero-order valence-electron chi connectivity index (χ0n) is 8.90. The van der Waals surface area contributed by atoms with E-state index in [1.165, 1.54) is 11.3 Å². The predicted octanol–water partition coefficient (Wildman–Crippen LogP) is 1.77. The molecule has 0 radical (unpaired) electrons. The van der Waals surface area contributed by atoms with Gasteiger partial charge in [-0.15, -0.1) is 11.3 Å². The van der Waals surface area contributed by atoms with Crippen molar-refractivity contribution in [2.75, 3.05) is 0 Å². The molecule has 2 rings (SSSR count). The van der Waals surface area contributed by atoms with Crippen LogP contribution in [0.4, 0.5) is 0 Å². The Morgan fingerprint density at radius 3 is 3.13 bits per heavy atom. The number of carbonyl (C=O) groups is 1. The molecule has 1 aliphatic carbocycles. The molecule has 1 aromatic heterocycles. The summed E-state index contributed by atoms with van der Waals surface area (Å²) in [4.78, 5) is 16.3. The average Bonchev–Trinajstić information content (AvgIpc) is 2.79. The van der Waals surface area contributed by atoms with E-state index >= 15 is 0 Å². The minimum Gasteiger partial charge on any atom is -0.327 e. The second kappa shape index (κ2) is 4.02. The van der Waals surface area contributed by atoms with Crippen LogP contribution in [0.25, 0.3) is 0 Å². The van der Waals surface area contributed by atoms with Crippen LogP contribution in [0.5, 0.6) is 0 Å². The van der Waals surface area contributed by atoms with Crippen LogP contribution in [-0.4, -0.2) is 16.8 Å². The lowest BCUT2D eigenvalue weighted by Crippen LogP contribution is -2.41. The topological polar surface area (TPSA) is 56.0 Å². The van der Waals surface area contributed by atoms with Gasteiger partial charge in [-0.2, -0.15) is 0 Å². The Labute approximate surface area is 93.7 Å². The molecule has 0 amide bonds. The average molecular weight is 224 g/mol. The van der Waals surface area contributed by atoms with E-state index in [9.17, 15) is 4.79 Å². The number of thiazole rings is 1. The molecule has 3 nitrogen and oxygen atoms in total. The van der Waals surface area contributed by atoms with Gasteiger partial charge < -0.3 is 5.73 Å². The van der Waals surface area contributed by atoms with Crippen molar-refractivity contribution in [1.82, 2.24) is 4.98 Å². The van der Waals surface area contributed by atoms with Gasteiger partial charge in [-0.25, -0.2) is 4.98 Å². The van der Waals surface area contributed by atoms with E-state index in [1.807, 2.05) is 12.3 Å². The molecule has 2 unspecified atom stereocenters. The lowest BCUT2D eigenvalue weighted by molar-refractivity contribution is -0.127. The van der Waals surface area contributed by atoms with Crippen LogP contribution in [0.3, 0.4) is 0 Å². The van der Waals surface area contributed by atoms with Gasteiger partial charge in [0.15, 0.2) is 0 Å². The van der Waals surface area contributed by atoms with Crippen molar-refractivity contribution in [3.8, 4) is 0 Å². The maximum absolute atomic E-state index is 12.1. The highest BCUT2D eigenvalue weighted by molar-refractivity contribution is 7.09. The monoisotopic (exact) mass is 224 g/mol. The lowest BCUT2D eigenvalue weighted by atomic mass is 9.79. The highest BCUT2D eigenvalue weighted by Gasteiger charge is 2.42. The van der Waals surface area contributed by atoms with Gasteiger partial charge in [-0.1, -0.05) is 13.3 Å². The molecule has 2 atom stereocenters. The number of nitrogens with two attached hydrogens (primary N) is 1. The third-order valence-corrected chi connectivity index (χ3v) is 4.24. The molecule has 1 aromatic rings. The van der Waals surface area contributed by atoms with Crippen molar-refractivity contribution in [3.05, 3.63) is 16.6 Å². The van der Waals surface area contributed by atoms with Crippen molar-refractivity contribution < 1.29 is 4.79 Å². The minimum atomic E-state index is -0.314. The molecule has 82 valence electrons. The van der Waals surface area contributed by atoms with Crippen molar-refractivity contribution in [1.29, 1.82) is 0 Å². The first-order valence-electron chi connectivity index (χ1n) is 5.30. The largest absolute Gasteiger partial charge is 0.327 e. The second-order valence-electron chi connectivity index (χ2n) is 4.44. The van der Waals surface area contributed by atoms with E-state index < -0.39 is 0 Å². The fourth-order valence-electron chi connectivity index (χ4n) is 2.22. The highest BCUT2D eigenvalue weighted by Crippen LogP contribution is 2.38. The smallest absolute Gasteiger partial charge is 0.147 e. The van der Waals surface area contributed by atoms with Gasteiger partial charge in [-0.3, -0.25) is 4.79 Å². The Bertz CT molecular complexity index is 349. The molecular formula is C11H16N2OS. The summed E-state index contributed by atoms with van der Waals surface area (Å²) in [5.41, 5.74) is 5.69. The van der Waals surface area contributed by atoms with Crippen LogP contribution >= 0.6 is 11.3 Å². The number of hydrogen-bond donors (Lipinski definition) is 1. The van der Waals surface area contributed by atoms with Crippen LogP contribution in [0.15, 0.2) is 11.6 Å². The summed E-state index contributed by atoms with van der Waals surface area (Å²) in [6, 6.07) is 0.0324. The first-order chi connectivity index (χ1) is 7.13. The van der Waals surface area contributed by atoms with Crippen LogP contribution in [0.2, 0.25) is 0 Å². The van der Waals surface area contributed by atoms with E-state index in [1.54, 1.807) is 6.20 Å². The highest BCUT2D eigenvalue weighted by atomic mass is 32.1. The molecule has 15 heavy (non-hydrogen) atoms. The molecular weight excluding hydrogens is 208 g/mol. The molecule has 1 heterocycles. The van der Waals surface area contributed by atoms with E-state index in [0.717, 1.165) is 24.3 Å². The maximum Gasteiger partial charge on any atom is 0.147 e. The Kier molecular flexibility index (Phi) is 2.89. The Balaban J connectivity index is 2.07. The van der Waals surface area contributed by atoms with Crippen LogP contribution in [-0.2, 0) is 11.2 Å². The van der Waals surface area contributed by atoms with Crippen LogP contribution in [0, 0.1) is 5.41 Å². The van der Waals surface area contributed by atoms with Gasteiger partial charge in [-0.05, 0) is 12.8 Å². The van der Waals surface area contributed by atoms with Crippen molar-refractivity contribution in [2.24, 2.45) is 11.1 Å². The van der Waals surface area contributed by atoms with E-state index in [0.29, 0.717) is 6.42 Å². The van der Waals surface area contributed by atoms with Crippen LogP contribution in [0.1, 0.15) is 31.2 Å². The number of Topliss-reactive ketones (excluding diaryl/α,β-unsaturated/α-hetero) is 1. The molecule has 0 aliphatic heterocycles. The standard InChI is InChI=1S/C11H16N2OS/c1-11(4-2-3-8(11)12)9(14)7-10-13-5-6-15-10/h5-6,8H,2-4,7,12H2,1H3. The summed E-state index contributed by atoms with van der Waals surface area (Å²) in [5.74, 6) is 0.252. The Hall–Kier alpha value is -0.740. The van der Waals surface area contributed by atoms with Crippen molar-refractivity contribution in [3.63, 3.8) is 0 Å². The Morgan fingerprint density at radius 1 is 1.80 bits per heavy atom. The maximum atomic E-state index is 12.1. The third kappa shape index (κ3) is 1.96. The molecule has 1 fully saturated rings. The SMILES string of the molecule is CC1(C(=O)Cc2nccs2)CCCC1N. The predicted molar refractivity (Wildman–Crippen MR) is 60.8 cm³/mol. The summed E-state index contributed by atoms with van der Waals surface area (Å²) in [6.07, 6.45) is 5.16. The summed E-state index contributed by atoms with van der Waals surface area (Å²) in [7, 11) is 0. The molecule has 0 spiro atoms. The minimum absolute atomic E-state index is 0.0324. The molecule has 4 heteroatoms. The van der Waals surface area contributed by atoms with Gasteiger partial charge in [0.1, 0.15) is 5.78 Å². The lowest BCUT2D eigenvalue weighted by Gasteiger charge is -2.26. The van der Waals surface area contributed by atoms with E-state index in [2.05, 4.69) is 4.98 Å². The van der Waals surface area contributed by atoms with E-state index in [-0.39, 0.29) is 17.2 Å². The fourth-order valence-corrected chi connectivity index (χ4v) is 2.83. The quantitative estimate of drug-likeness (QED) is 0.851. The van der Waals surface area contributed by atoms with Gasteiger partial charge in [0, 0.05) is 23.0 Å². The number of ketones is 1. The number of aromatic nitrogens is 1. The van der Waals surface area contributed by atoms with Crippen molar-refractivity contribution >= 4 is 17.1 Å². The number of carbonyl (C=O) groups excluding carboxylic acids is 1. The molecule has 0 saturated heterocycles. The Morgan fingerprint density at radius 2 is 2.60 bits per heavy atom. The summed E-state index contributed by atoms with van der Waals surface area (Å²) in [6.45, 7) is 2.00. The number of hydrogen-bond acceptors (Lipinski definition) is 4. The van der Waals surface area contributed by atoms with Crippen LogP contribution < -0.4 is 5.73 Å². The van der Waals surface area contributed by atoms with Gasteiger partial charge >= 0.3 is 0 Å². The fraction of sp³-hybridized carbons (Fsp3) is 0.636. The molecule has 2 N–H and O–H groups in total. The van der Waals surface area contributed by atoms with Gasteiger partial charge in [0.25, 0.3) is 0 Å². The first-order valence-corrected chi connectivity index (χ1v) is 6.18.